The molecule has 2 aromatic rings. The van der Waals surface area contributed by atoms with Crippen molar-refractivity contribution in [3.8, 4) is 0 Å². The maximum atomic E-state index is 11.4. The topological polar surface area (TPSA) is 81.0 Å². The van der Waals surface area contributed by atoms with Crippen LogP contribution in [0.3, 0.4) is 0 Å². The van der Waals surface area contributed by atoms with Gasteiger partial charge in [0.2, 0.25) is 0 Å². The van der Waals surface area contributed by atoms with E-state index in [1.807, 2.05) is 0 Å². The van der Waals surface area contributed by atoms with E-state index in [1.54, 1.807) is 6.07 Å². The van der Waals surface area contributed by atoms with Crippen molar-refractivity contribution in [2.24, 2.45) is 0 Å². The van der Waals surface area contributed by atoms with Crippen molar-refractivity contribution in [1.82, 2.24) is 9.97 Å². The number of esters is 1. The van der Waals surface area contributed by atoms with E-state index in [-0.39, 0.29) is 5.95 Å². The number of nitrogens with one attached hydrogen (secondary N) is 1. The molecule has 2 rings (SSSR count). The number of aromatic amines is 1. The molecule has 1 aromatic heterocycles. The molecule has 15 heavy (non-hydrogen) atoms. The van der Waals surface area contributed by atoms with Crippen molar-refractivity contribution >= 4 is 34.6 Å². The summed E-state index contributed by atoms with van der Waals surface area (Å²) in [5.41, 5.74) is 6.86. The molecule has 0 saturated heterocycles. The Hall–Kier alpha value is -1.75. The fourth-order valence-electron chi connectivity index (χ4n) is 1.37. The number of carbonyl (C=O) groups excluding carboxylic acids is 1. The molecular formula is C9H8ClN3O2. The number of halogens is 1. The van der Waals surface area contributed by atoms with Crippen LogP contribution in [0.1, 0.15) is 10.4 Å². The van der Waals surface area contributed by atoms with Gasteiger partial charge in [-0.3, -0.25) is 0 Å². The summed E-state index contributed by atoms with van der Waals surface area (Å²) in [5, 5.41) is 0.423. The lowest BCUT2D eigenvalue weighted by atomic mass is 10.2. The average molecular weight is 226 g/mol. The molecule has 0 radical (unpaired) electrons. The zero-order chi connectivity index (χ0) is 11.0. The monoisotopic (exact) mass is 225 g/mol. The molecule has 0 aliphatic rings. The molecule has 1 aromatic carbocycles. The third-order valence-electron chi connectivity index (χ3n) is 1.97. The quantitative estimate of drug-likeness (QED) is 0.722. The molecule has 0 atom stereocenters. The Labute approximate surface area is 90.2 Å². The molecule has 0 saturated carbocycles. The first-order valence-corrected chi connectivity index (χ1v) is 4.52. The predicted molar refractivity (Wildman–Crippen MR) is 56.9 cm³/mol. The molecule has 3 N–H and O–H groups in total. The molecule has 0 fully saturated rings. The number of nitrogens with zero attached hydrogens (tertiary/aromatic N) is 1. The molecule has 0 aliphatic carbocycles. The number of anilines is 1. The van der Waals surface area contributed by atoms with Crippen molar-refractivity contribution in [3.63, 3.8) is 0 Å². The summed E-state index contributed by atoms with van der Waals surface area (Å²) in [7, 11) is 1.30. The number of rotatable bonds is 1. The van der Waals surface area contributed by atoms with Crippen LogP contribution in [0.15, 0.2) is 12.1 Å². The van der Waals surface area contributed by atoms with Crippen molar-refractivity contribution in [2.75, 3.05) is 12.8 Å². The van der Waals surface area contributed by atoms with Gasteiger partial charge in [0, 0.05) is 5.02 Å². The second kappa shape index (κ2) is 3.43. The van der Waals surface area contributed by atoms with Crippen LogP contribution in [0, 0.1) is 0 Å². The summed E-state index contributed by atoms with van der Waals surface area (Å²) in [6.45, 7) is 0. The zero-order valence-corrected chi connectivity index (χ0v) is 8.63. The van der Waals surface area contributed by atoms with Crippen LogP contribution in [0.25, 0.3) is 11.0 Å². The Bertz CT molecular complexity index is 535. The largest absolute Gasteiger partial charge is 0.465 e. The van der Waals surface area contributed by atoms with Gasteiger partial charge >= 0.3 is 5.97 Å². The second-order valence-electron chi connectivity index (χ2n) is 2.96. The van der Waals surface area contributed by atoms with Gasteiger partial charge < -0.3 is 15.5 Å². The maximum absolute atomic E-state index is 11.4. The fraction of sp³-hybridized carbons (Fsp3) is 0.111. The first kappa shape index (κ1) is 9.79. The van der Waals surface area contributed by atoms with Gasteiger partial charge in [-0.1, -0.05) is 11.6 Å². The number of imidazole rings is 1. The fourth-order valence-corrected chi connectivity index (χ4v) is 1.59. The first-order chi connectivity index (χ1) is 7.11. The highest BCUT2D eigenvalue weighted by Gasteiger charge is 2.14. The number of hydrogen-bond acceptors (Lipinski definition) is 4. The number of nitrogens with two attached hydrogens (primary N) is 1. The van der Waals surface area contributed by atoms with Crippen molar-refractivity contribution in [1.29, 1.82) is 0 Å². The van der Waals surface area contributed by atoms with Gasteiger partial charge in [-0.05, 0) is 12.1 Å². The molecule has 5 nitrogen and oxygen atoms in total. The molecule has 0 spiro atoms. The van der Waals surface area contributed by atoms with E-state index in [0.717, 1.165) is 0 Å². The smallest absolute Gasteiger partial charge is 0.340 e. The van der Waals surface area contributed by atoms with Gasteiger partial charge in [0.15, 0.2) is 5.95 Å². The third kappa shape index (κ3) is 1.61. The van der Waals surface area contributed by atoms with Crippen LogP contribution in [0.5, 0.6) is 0 Å². The number of H-pyrrole nitrogens is 1. The minimum atomic E-state index is -0.492. The Morgan fingerprint density at radius 2 is 2.33 bits per heavy atom. The molecule has 0 aliphatic heterocycles. The number of benzene rings is 1. The van der Waals surface area contributed by atoms with Crippen molar-refractivity contribution < 1.29 is 9.53 Å². The lowest BCUT2D eigenvalue weighted by Crippen LogP contribution is -2.02. The number of ether oxygens (including phenoxy) is 1. The zero-order valence-electron chi connectivity index (χ0n) is 7.87. The molecule has 0 unspecified atom stereocenters. The molecule has 0 bridgehead atoms. The highest BCUT2D eigenvalue weighted by atomic mass is 35.5. The van der Waals surface area contributed by atoms with Gasteiger partial charge in [0.05, 0.1) is 18.2 Å². The minimum Gasteiger partial charge on any atom is -0.465 e. The lowest BCUT2D eigenvalue weighted by molar-refractivity contribution is 0.0603. The van der Waals surface area contributed by atoms with E-state index in [2.05, 4.69) is 14.7 Å². The summed E-state index contributed by atoms with van der Waals surface area (Å²) < 4.78 is 4.62. The Kier molecular flexibility index (Phi) is 2.24. The number of carbonyl (C=O) groups is 1. The Morgan fingerprint density at radius 3 is 3.00 bits per heavy atom. The van der Waals surface area contributed by atoms with Crippen LogP contribution in [0.4, 0.5) is 5.95 Å². The summed E-state index contributed by atoms with van der Waals surface area (Å²) >= 11 is 5.84. The summed E-state index contributed by atoms with van der Waals surface area (Å²) in [6, 6.07) is 3.14. The third-order valence-corrected chi connectivity index (χ3v) is 2.19. The number of hydrogen-bond donors (Lipinski definition) is 2. The van der Waals surface area contributed by atoms with Gasteiger partial charge in [0.1, 0.15) is 5.52 Å². The summed E-state index contributed by atoms with van der Waals surface area (Å²) in [6.07, 6.45) is 0. The van der Waals surface area contributed by atoms with Crippen LogP contribution < -0.4 is 5.73 Å². The maximum Gasteiger partial charge on any atom is 0.340 e. The molecular weight excluding hydrogens is 218 g/mol. The van der Waals surface area contributed by atoms with E-state index in [1.165, 1.54) is 13.2 Å². The standard InChI is InChI=1S/C9H8ClN3O2/c1-15-8(14)5-2-4(10)3-6-7(5)13-9(11)12-6/h2-3H,1H3,(H3,11,12,13). The van der Waals surface area contributed by atoms with E-state index in [0.29, 0.717) is 21.6 Å². The number of aromatic nitrogens is 2. The van der Waals surface area contributed by atoms with E-state index in [4.69, 9.17) is 17.3 Å². The SMILES string of the molecule is COC(=O)c1cc(Cl)cc2[nH]c(N)nc12. The van der Waals surface area contributed by atoms with Crippen LogP contribution in [-0.4, -0.2) is 23.0 Å². The lowest BCUT2D eigenvalue weighted by Gasteiger charge is -2.00. The summed E-state index contributed by atoms with van der Waals surface area (Å²) in [5.74, 6) is -0.258. The molecule has 6 heteroatoms. The molecule has 1 heterocycles. The van der Waals surface area contributed by atoms with E-state index < -0.39 is 5.97 Å². The highest BCUT2D eigenvalue weighted by molar-refractivity contribution is 6.32. The van der Waals surface area contributed by atoms with Crippen LogP contribution in [0.2, 0.25) is 5.02 Å². The summed E-state index contributed by atoms with van der Waals surface area (Å²) in [4.78, 5) is 18.2. The van der Waals surface area contributed by atoms with E-state index >= 15 is 0 Å². The number of nitrogen functional groups attached to an aromatic ring is 1. The Morgan fingerprint density at radius 1 is 1.60 bits per heavy atom. The average Bonchev–Trinajstić information content (AvgIpc) is 2.55. The minimum absolute atomic E-state index is 0.234. The van der Waals surface area contributed by atoms with Gasteiger partial charge in [-0.25, -0.2) is 9.78 Å². The predicted octanol–water partition coefficient (Wildman–Crippen LogP) is 1.59. The van der Waals surface area contributed by atoms with Gasteiger partial charge in [-0.2, -0.15) is 0 Å². The highest BCUT2D eigenvalue weighted by Crippen LogP contribution is 2.23. The van der Waals surface area contributed by atoms with Gasteiger partial charge in [0.25, 0.3) is 0 Å². The first-order valence-electron chi connectivity index (χ1n) is 4.15. The number of fused-ring (bicyclic) bond motifs is 1. The van der Waals surface area contributed by atoms with Crippen LogP contribution >= 0.6 is 11.6 Å². The van der Waals surface area contributed by atoms with Crippen molar-refractivity contribution in [2.45, 2.75) is 0 Å². The second-order valence-corrected chi connectivity index (χ2v) is 3.40. The normalized spacial score (nSPS) is 10.5. The van der Waals surface area contributed by atoms with Gasteiger partial charge in [-0.15, -0.1) is 0 Å². The van der Waals surface area contributed by atoms with E-state index in [9.17, 15) is 4.79 Å². The Balaban J connectivity index is 2.75. The molecule has 78 valence electrons. The van der Waals surface area contributed by atoms with Crippen molar-refractivity contribution in [3.05, 3.63) is 22.7 Å². The van der Waals surface area contributed by atoms with Crippen LogP contribution in [-0.2, 0) is 4.74 Å². The number of methoxy groups -OCH3 is 1. The molecule has 0 amide bonds.